The average molecular weight is 276 g/mol. The molecule has 0 heterocycles. The Kier molecular flexibility index (Phi) is 5.05. The third-order valence-electron chi connectivity index (χ3n) is 2.30. The maximum atomic E-state index is 11.7. The second-order valence-corrected chi connectivity index (χ2v) is 4.57. The molecule has 17 heavy (non-hydrogen) atoms. The number of hydrogen-bond donors (Lipinski definition) is 2. The van der Waals surface area contributed by atoms with E-state index in [2.05, 4.69) is 5.32 Å². The summed E-state index contributed by atoms with van der Waals surface area (Å²) in [6.07, 6.45) is 0. The number of carbonyl (C=O) groups is 1. The molecule has 1 rings (SSSR count). The zero-order chi connectivity index (χ0) is 13.0. The Morgan fingerprint density at radius 2 is 2.12 bits per heavy atom. The van der Waals surface area contributed by atoms with Gasteiger partial charge in [-0.25, -0.2) is 0 Å². The van der Waals surface area contributed by atoms with Crippen LogP contribution in [0.4, 0.5) is 11.4 Å². The molecule has 0 atom stereocenters. The predicted octanol–water partition coefficient (Wildman–Crippen LogP) is 2.47. The summed E-state index contributed by atoms with van der Waals surface area (Å²) in [5, 5.41) is 3.45. The van der Waals surface area contributed by atoms with E-state index in [1.165, 1.54) is 0 Å². The quantitative estimate of drug-likeness (QED) is 0.830. The van der Waals surface area contributed by atoms with Crippen molar-refractivity contribution in [3.8, 4) is 0 Å². The molecule has 4 nitrogen and oxygen atoms in total. The van der Waals surface area contributed by atoms with Gasteiger partial charge >= 0.3 is 0 Å². The van der Waals surface area contributed by atoms with Gasteiger partial charge in [0.15, 0.2) is 0 Å². The summed E-state index contributed by atoms with van der Waals surface area (Å²) in [5.41, 5.74) is 6.50. The van der Waals surface area contributed by atoms with Crippen LogP contribution in [0, 0.1) is 0 Å². The van der Waals surface area contributed by atoms with E-state index in [1.807, 2.05) is 18.9 Å². The number of likely N-dealkylation sites (N-methyl/N-ethyl adjacent to an activating group) is 1. The highest BCUT2D eigenvalue weighted by Gasteiger charge is 2.11. The van der Waals surface area contributed by atoms with Crippen molar-refractivity contribution < 1.29 is 4.79 Å². The molecule has 1 aromatic carbocycles. The van der Waals surface area contributed by atoms with Crippen LogP contribution in [0.1, 0.15) is 6.92 Å². The fourth-order valence-electron chi connectivity index (χ4n) is 1.26. The molecule has 6 heteroatoms. The van der Waals surface area contributed by atoms with Crippen molar-refractivity contribution in [3.63, 3.8) is 0 Å². The summed E-state index contributed by atoms with van der Waals surface area (Å²) in [4.78, 5) is 13.5. The SMILES string of the molecule is CCN(C)CC(=O)Nc1c(N)cc(Cl)cc1Cl. The maximum absolute atomic E-state index is 11.7. The number of amides is 1. The average Bonchev–Trinajstić information content (AvgIpc) is 2.23. The second kappa shape index (κ2) is 6.10. The number of rotatable bonds is 4. The van der Waals surface area contributed by atoms with Crippen molar-refractivity contribution in [2.45, 2.75) is 6.92 Å². The first-order valence-corrected chi connectivity index (χ1v) is 5.92. The number of nitrogens with one attached hydrogen (secondary N) is 1. The number of nitrogens with two attached hydrogens (primary N) is 1. The molecule has 0 saturated carbocycles. The van der Waals surface area contributed by atoms with Crippen molar-refractivity contribution >= 4 is 40.5 Å². The van der Waals surface area contributed by atoms with Gasteiger partial charge in [0.05, 0.1) is 22.9 Å². The monoisotopic (exact) mass is 275 g/mol. The molecule has 0 radical (unpaired) electrons. The van der Waals surface area contributed by atoms with Gasteiger partial charge in [-0.05, 0) is 25.7 Å². The van der Waals surface area contributed by atoms with Crippen molar-refractivity contribution in [2.24, 2.45) is 0 Å². The van der Waals surface area contributed by atoms with Gasteiger partial charge in [-0.2, -0.15) is 0 Å². The Bertz CT molecular complexity index is 400. The molecular weight excluding hydrogens is 261 g/mol. The molecule has 94 valence electrons. The fraction of sp³-hybridized carbons (Fsp3) is 0.364. The topological polar surface area (TPSA) is 58.4 Å². The molecule has 3 N–H and O–H groups in total. The zero-order valence-electron chi connectivity index (χ0n) is 9.76. The lowest BCUT2D eigenvalue weighted by molar-refractivity contribution is -0.117. The lowest BCUT2D eigenvalue weighted by atomic mass is 10.2. The molecule has 1 amide bonds. The Morgan fingerprint density at radius 3 is 2.65 bits per heavy atom. The summed E-state index contributed by atoms with van der Waals surface area (Å²) < 4.78 is 0. The number of hydrogen-bond acceptors (Lipinski definition) is 3. The van der Waals surface area contributed by atoms with E-state index in [4.69, 9.17) is 28.9 Å². The van der Waals surface area contributed by atoms with Gasteiger partial charge in [0.1, 0.15) is 0 Å². The zero-order valence-corrected chi connectivity index (χ0v) is 11.3. The number of carbonyl (C=O) groups excluding carboxylic acids is 1. The molecule has 0 aliphatic heterocycles. The Morgan fingerprint density at radius 1 is 1.47 bits per heavy atom. The predicted molar refractivity (Wildman–Crippen MR) is 72.7 cm³/mol. The summed E-state index contributed by atoms with van der Waals surface area (Å²) in [6, 6.07) is 3.09. The highest BCUT2D eigenvalue weighted by molar-refractivity contribution is 6.37. The summed E-state index contributed by atoms with van der Waals surface area (Å²) in [6.45, 7) is 3.04. The van der Waals surface area contributed by atoms with Crippen molar-refractivity contribution in [2.75, 3.05) is 31.2 Å². The lowest BCUT2D eigenvalue weighted by Crippen LogP contribution is -2.30. The van der Waals surface area contributed by atoms with Crippen molar-refractivity contribution in [1.82, 2.24) is 4.90 Å². The lowest BCUT2D eigenvalue weighted by Gasteiger charge is -2.15. The summed E-state index contributed by atoms with van der Waals surface area (Å²) >= 11 is 11.7. The smallest absolute Gasteiger partial charge is 0.238 e. The van der Waals surface area contributed by atoms with Crippen molar-refractivity contribution in [1.29, 1.82) is 0 Å². The van der Waals surface area contributed by atoms with E-state index >= 15 is 0 Å². The molecule has 0 unspecified atom stereocenters. The first-order chi connectivity index (χ1) is 7.93. The minimum Gasteiger partial charge on any atom is -0.397 e. The standard InChI is InChI=1S/C11H15Cl2N3O/c1-3-16(2)6-10(17)15-11-8(13)4-7(12)5-9(11)14/h4-5H,3,6,14H2,1-2H3,(H,15,17). The molecule has 1 aromatic rings. The highest BCUT2D eigenvalue weighted by atomic mass is 35.5. The summed E-state index contributed by atoms with van der Waals surface area (Å²) in [7, 11) is 1.85. The van der Waals surface area contributed by atoms with Gasteiger partial charge < -0.3 is 11.1 Å². The number of nitrogen functional groups attached to an aromatic ring is 1. The molecule has 0 spiro atoms. The van der Waals surface area contributed by atoms with E-state index in [0.717, 1.165) is 6.54 Å². The number of halogens is 2. The largest absolute Gasteiger partial charge is 0.397 e. The molecular formula is C11H15Cl2N3O. The minimum atomic E-state index is -0.162. The van der Waals surface area contributed by atoms with Gasteiger partial charge in [-0.3, -0.25) is 9.69 Å². The Labute approximate surface area is 111 Å². The van der Waals surface area contributed by atoms with Crippen LogP contribution < -0.4 is 11.1 Å². The van der Waals surface area contributed by atoms with E-state index in [9.17, 15) is 4.79 Å². The van der Waals surface area contributed by atoms with E-state index < -0.39 is 0 Å². The fourth-order valence-corrected chi connectivity index (χ4v) is 1.82. The van der Waals surface area contributed by atoms with Crippen LogP contribution in [0.5, 0.6) is 0 Å². The van der Waals surface area contributed by atoms with Crippen LogP contribution in [0.15, 0.2) is 12.1 Å². The molecule has 0 aliphatic carbocycles. The first kappa shape index (κ1) is 14.1. The van der Waals surface area contributed by atoms with Gasteiger partial charge in [0.2, 0.25) is 5.91 Å². The van der Waals surface area contributed by atoms with Gasteiger partial charge in [0, 0.05) is 5.02 Å². The first-order valence-electron chi connectivity index (χ1n) is 5.17. The third kappa shape index (κ3) is 4.07. The molecule has 0 fully saturated rings. The van der Waals surface area contributed by atoms with Crippen molar-refractivity contribution in [3.05, 3.63) is 22.2 Å². The van der Waals surface area contributed by atoms with Gasteiger partial charge in [-0.15, -0.1) is 0 Å². The van der Waals surface area contributed by atoms with Crippen LogP contribution in [-0.2, 0) is 4.79 Å². The molecule has 0 aromatic heterocycles. The molecule has 0 saturated heterocycles. The highest BCUT2D eigenvalue weighted by Crippen LogP contribution is 2.31. The van der Waals surface area contributed by atoms with Crippen LogP contribution in [0.25, 0.3) is 0 Å². The van der Waals surface area contributed by atoms with Crippen LogP contribution >= 0.6 is 23.2 Å². The van der Waals surface area contributed by atoms with E-state index in [1.54, 1.807) is 12.1 Å². The Balaban J connectivity index is 2.78. The van der Waals surface area contributed by atoms with Gasteiger partial charge in [-0.1, -0.05) is 30.1 Å². The second-order valence-electron chi connectivity index (χ2n) is 3.73. The molecule has 0 bridgehead atoms. The van der Waals surface area contributed by atoms with Crippen LogP contribution in [0.3, 0.4) is 0 Å². The number of nitrogens with zero attached hydrogens (tertiary/aromatic N) is 1. The van der Waals surface area contributed by atoms with Crippen LogP contribution in [-0.4, -0.2) is 30.9 Å². The number of anilines is 2. The normalized spacial score (nSPS) is 10.6. The van der Waals surface area contributed by atoms with E-state index in [-0.39, 0.29) is 12.5 Å². The Hall–Kier alpha value is -0.970. The minimum absolute atomic E-state index is 0.162. The maximum Gasteiger partial charge on any atom is 0.238 e. The van der Waals surface area contributed by atoms with Gasteiger partial charge in [0.25, 0.3) is 0 Å². The number of benzene rings is 1. The van der Waals surface area contributed by atoms with Crippen LogP contribution in [0.2, 0.25) is 10.0 Å². The molecule has 0 aliphatic rings. The van der Waals surface area contributed by atoms with E-state index in [0.29, 0.717) is 21.4 Å². The third-order valence-corrected chi connectivity index (χ3v) is 2.82. The summed E-state index contributed by atoms with van der Waals surface area (Å²) in [5.74, 6) is -0.162.